The quantitative estimate of drug-likeness (QED) is 0.212. The fourth-order valence-electron chi connectivity index (χ4n) is 6.08. The van der Waals surface area contributed by atoms with Gasteiger partial charge in [0.1, 0.15) is 22.3 Å². The number of hydrogen-bond acceptors (Lipinski definition) is 5. The summed E-state index contributed by atoms with van der Waals surface area (Å²) in [7, 11) is 0. The Morgan fingerprint density at radius 1 is 0.364 bits per heavy atom. The van der Waals surface area contributed by atoms with Gasteiger partial charge in [-0.05, 0) is 35.4 Å². The first-order valence-corrected chi connectivity index (χ1v) is 14.5. The van der Waals surface area contributed by atoms with E-state index in [0.29, 0.717) is 17.5 Å². The molecule has 0 atom stereocenters. The third kappa shape index (κ3) is 3.91. The van der Waals surface area contributed by atoms with Gasteiger partial charge in [-0.15, -0.1) is 0 Å². The molecule has 44 heavy (non-hydrogen) atoms. The van der Waals surface area contributed by atoms with Gasteiger partial charge in [-0.1, -0.05) is 115 Å². The summed E-state index contributed by atoms with van der Waals surface area (Å²) in [5.41, 5.74) is 7.89. The van der Waals surface area contributed by atoms with Gasteiger partial charge >= 0.3 is 0 Å². The van der Waals surface area contributed by atoms with E-state index >= 15 is 0 Å². The molecule has 0 aliphatic carbocycles. The molecule has 0 N–H and O–H groups in total. The van der Waals surface area contributed by atoms with E-state index in [0.717, 1.165) is 71.7 Å². The minimum absolute atomic E-state index is 0.519. The van der Waals surface area contributed by atoms with Crippen molar-refractivity contribution in [1.29, 1.82) is 0 Å². The van der Waals surface area contributed by atoms with Crippen LogP contribution >= 0.6 is 0 Å². The van der Waals surface area contributed by atoms with Gasteiger partial charge in [0.15, 0.2) is 17.5 Å². The molecule has 0 unspecified atom stereocenters. The molecular weight excluding hydrogens is 542 g/mol. The van der Waals surface area contributed by atoms with Gasteiger partial charge in [0.2, 0.25) is 0 Å². The first kappa shape index (κ1) is 24.5. The molecule has 0 spiro atoms. The number of benzene rings is 6. The summed E-state index contributed by atoms with van der Waals surface area (Å²) < 4.78 is 13.0. The van der Waals surface area contributed by atoms with E-state index in [1.54, 1.807) is 0 Å². The molecule has 6 aromatic carbocycles. The van der Waals surface area contributed by atoms with Crippen molar-refractivity contribution in [3.63, 3.8) is 0 Å². The predicted octanol–water partition coefficient (Wildman–Crippen LogP) is 10.3. The normalized spacial score (nSPS) is 11.6. The van der Waals surface area contributed by atoms with Crippen molar-refractivity contribution in [1.82, 2.24) is 15.0 Å². The zero-order valence-electron chi connectivity index (χ0n) is 23.4. The molecule has 0 amide bonds. The Morgan fingerprint density at radius 3 is 1.66 bits per heavy atom. The van der Waals surface area contributed by atoms with E-state index in [-0.39, 0.29) is 0 Å². The van der Waals surface area contributed by atoms with Crippen LogP contribution in [0.2, 0.25) is 0 Å². The summed E-state index contributed by atoms with van der Waals surface area (Å²) in [5.74, 6) is 1.69. The monoisotopic (exact) mass is 565 g/mol. The standard InChI is InChI=1S/C39H23N3O2/c1-3-12-24(13-4-1)26-16-11-17-27(22-26)38-40-37(25-14-5-2-6-15-25)41-39(42-38)30-23-33-34(28-18-7-9-20-31(28)43-33)35-29-19-8-10-21-32(29)44-36(30)35/h1-23H. The molecule has 0 radical (unpaired) electrons. The summed E-state index contributed by atoms with van der Waals surface area (Å²) in [5, 5.41) is 4.09. The van der Waals surface area contributed by atoms with Crippen LogP contribution in [0.5, 0.6) is 0 Å². The highest BCUT2D eigenvalue weighted by atomic mass is 16.3. The Kier molecular flexibility index (Phi) is 5.43. The second-order valence-corrected chi connectivity index (χ2v) is 10.8. The lowest BCUT2D eigenvalue weighted by Crippen LogP contribution is -2.00. The van der Waals surface area contributed by atoms with Gasteiger partial charge in [-0.3, -0.25) is 0 Å². The zero-order chi connectivity index (χ0) is 29.0. The highest BCUT2D eigenvalue weighted by Gasteiger charge is 2.23. The first-order chi connectivity index (χ1) is 21.8. The van der Waals surface area contributed by atoms with Crippen molar-refractivity contribution < 1.29 is 8.83 Å². The zero-order valence-corrected chi connectivity index (χ0v) is 23.4. The largest absolute Gasteiger partial charge is 0.456 e. The average Bonchev–Trinajstić information content (AvgIpc) is 3.67. The van der Waals surface area contributed by atoms with Gasteiger partial charge in [-0.2, -0.15) is 0 Å². The third-order valence-electron chi connectivity index (χ3n) is 8.12. The topological polar surface area (TPSA) is 65.0 Å². The van der Waals surface area contributed by atoms with Gasteiger partial charge in [0, 0.05) is 32.7 Å². The lowest BCUT2D eigenvalue weighted by Gasteiger charge is -2.10. The molecule has 0 saturated heterocycles. The Labute approximate surface area is 252 Å². The molecule has 206 valence electrons. The molecule has 0 aliphatic rings. The SMILES string of the molecule is c1ccc(-c2cccc(-c3nc(-c4ccccc4)nc(-c4cc5oc6ccccc6c5c5c4oc4ccccc45)n3)c2)cc1. The minimum Gasteiger partial charge on any atom is -0.456 e. The van der Waals surface area contributed by atoms with Crippen molar-refractivity contribution in [3.8, 4) is 45.3 Å². The van der Waals surface area contributed by atoms with Crippen LogP contribution in [0, 0.1) is 0 Å². The average molecular weight is 566 g/mol. The number of aromatic nitrogens is 3. The molecule has 0 saturated carbocycles. The minimum atomic E-state index is 0.519. The van der Waals surface area contributed by atoms with Gasteiger partial charge in [0.25, 0.3) is 0 Å². The molecule has 9 rings (SSSR count). The van der Waals surface area contributed by atoms with E-state index in [4.69, 9.17) is 23.8 Å². The number of nitrogens with zero attached hydrogens (tertiary/aromatic N) is 3. The number of rotatable bonds is 4. The molecule has 9 aromatic rings. The molecule has 5 nitrogen and oxygen atoms in total. The van der Waals surface area contributed by atoms with Crippen molar-refractivity contribution >= 4 is 43.9 Å². The van der Waals surface area contributed by atoms with Crippen LogP contribution in [0.25, 0.3) is 89.2 Å². The van der Waals surface area contributed by atoms with Crippen molar-refractivity contribution in [2.75, 3.05) is 0 Å². The second kappa shape index (κ2) is 9.75. The van der Waals surface area contributed by atoms with Crippen LogP contribution in [0.15, 0.2) is 148 Å². The van der Waals surface area contributed by atoms with Crippen molar-refractivity contribution in [2.24, 2.45) is 0 Å². The van der Waals surface area contributed by atoms with Crippen LogP contribution < -0.4 is 0 Å². The summed E-state index contributed by atoms with van der Waals surface area (Å²) >= 11 is 0. The van der Waals surface area contributed by atoms with E-state index in [9.17, 15) is 0 Å². The summed E-state index contributed by atoms with van der Waals surface area (Å²) in [6.07, 6.45) is 0. The maximum Gasteiger partial charge on any atom is 0.168 e. The van der Waals surface area contributed by atoms with Crippen LogP contribution in [0.3, 0.4) is 0 Å². The molecule has 0 aliphatic heterocycles. The Hall–Kier alpha value is -6.07. The first-order valence-electron chi connectivity index (χ1n) is 14.5. The number of para-hydroxylation sites is 2. The molecule has 3 heterocycles. The van der Waals surface area contributed by atoms with Crippen LogP contribution in [-0.2, 0) is 0 Å². The van der Waals surface area contributed by atoms with Crippen LogP contribution in [0.1, 0.15) is 0 Å². The predicted molar refractivity (Wildman–Crippen MR) is 176 cm³/mol. The van der Waals surface area contributed by atoms with Crippen LogP contribution in [0.4, 0.5) is 0 Å². The summed E-state index contributed by atoms with van der Waals surface area (Å²) in [6, 6.07) is 46.9. The molecule has 0 fully saturated rings. The molecule has 3 aromatic heterocycles. The Bertz CT molecular complexity index is 2500. The number of furan rings is 2. The molecule has 5 heteroatoms. The van der Waals surface area contributed by atoms with Crippen molar-refractivity contribution in [2.45, 2.75) is 0 Å². The van der Waals surface area contributed by atoms with Crippen molar-refractivity contribution in [3.05, 3.63) is 140 Å². The Balaban J connectivity index is 1.35. The maximum absolute atomic E-state index is 6.59. The number of hydrogen-bond donors (Lipinski definition) is 0. The highest BCUT2D eigenvalue weighted by Crippen LogP contribution is 2.44. The highest BCUT2D eigenvalue weighted by molar-refractivity contribution is 6.28. The fourth-order valence-corrected chi connectivity index (χ4v) is 6.08. The maximum atomic E-state index is 6.59. The third-order valence-corrected chi connectivity index (χ3v) is 8.12. The van der Waals surface area contributed by atoms with Crippen LogP contribution in [-0.4, -0.2) is 15.0 Å². The van der Waals surface area contributed by atoms with E-state index in [2.05, 4.69) is 36.4 Å². The van der Waals surface area contributed by atoms with Gasteiger partial charge in [-0.25, -0.2) is 15.0 Å². The van der Waals surface area contributed by atoms with Gasteiger partial charge < -0.3 is 8.83 Å². The van der Waals surface area contributed by atoms with E-state index < -0.39 is 0 Å². The lowest BCUT2D eigenvalue weighted by molar-refractivity contribution is 0.663. The summed E-state index contributed by atoms with van der Waals surface area (Å²) in [4.78, 5) is 15.1. The van der Waals surface area contributed by atoms with E-state index in [1.807, 2.05) is 103 Å². The molecule has 0 bridgehead atoms. The lowest BCUT2D eigenvalue weighted by atomic mass is 10.0. The summed E-state index contributed by atoms with van der Waals surface area (Å²) in [6.45, 7) is 0. The fraction of sp³-hybridized carbons (Fsp3) is 0. The Morgan fingerprint density at radius 2 is 0.909 bits per heavy atom. The number of fused-ring (bicyclic) bond motifs is 7. The smallest absolute Gasteiger partial charge is 0.168 e. The van der Waals surface area contributed by atoms with E-state index in [1.165, 1.54) is 0 Å². The molecular formula is C39H23N3O2. The second-order valence-electron chi connectivity index (χ2n) is 10.8. The van der Waals surface area contributed by atoms with Gasteiger partial charge in [0.05, 0.1) is 5.56 Å².